The van der Waals surface area contributed by atoms with Gasteiger partial charge in [0.2, 0.25) is 0 Å². The van der Waals surface area contributed by atoms with E-state index in [0.29, 0.717) is 0 Å². The summed E-state index contributed by atoms with van der Waals surface area (Å²) < 4.78 is 0. The van der Waals surface area contributed by atoms with Crippen molar-refractivity contribution in [3.63, 3.8) is 0 Å². The van der Waals surface area contributed by atoms with Crippen molar-refractivity contribution in [1.29, 1.82) is 0 Å². The summed E-state index contributed by atoms with van der Waals surface area (Å²) in [6, 6.07) is 0. The van der Waals surface area contributed by atoms with Crippen LogP contribution in [0.5, 0.6) is 0 Å². The number of hydrazine groups is 2. The second kappa shape index (κ2) is 1.92. The van der Waals surface area contributed by atoms with Gasteiger partial charge in [0.1, 0.15) is 0 Å². The summed E-state index contributed by atoms with van der Waals surface area (Å²) in [4.78, 5) is 0. The van der Waals surface area contributed by atoms with E-state index in [4.69, 9.17) is 0 Å². The molecule has 0 radical (unpaired) electrons. The third-order valence-corrected chi connectivity index (χ3v) is 1.77. The molecule has 0 aromatic heterocycles. The van der Waals surface area contributed by atoms with Gasteiger partial charge in [-0.3, -0.25) is 10.0 Å². The van der Waals surface area contributed by atoms with E-state index >= 15 is 0 Å². The van der Waals surface area contributed by atoms with Crippen LogP contribution in [0.1, 0.15) is 6.92 Å². The van der Waals surface area contributed by atoms with Crippen molar-refractivity contribution in [2.75, 3.05) is 21.1 Å². The summed E-state index contributed by atoms with van der Waals surface area (Å²) >= 11 is 0. The number of hydrogen-bond donors (Lipinski definition) is 0. The molecule has 0 spiro atoms. The highest BCUT2D eigenvalue weighted by Gasteiger charge is 2.15. The van der Waals surface area contributed by atoms with Crippen LogP contribution in [-0.4, -0.2) is 36.3 Å². The highest BCUT2D eigenvalue weighted by molar-refractivity contribution is 4.97. The normalized spacial score (nSPS) is 21.1. The van der Waals surface area contributed by atoms with Gasteiger partial charge in [-0.05, 0) is 6.92 Å². The molecule has 0 N–H and O–H groups in total. The first-order valence-electron chi connectivity index (χ1n) is 3.01. The Hall–Kier alpha value is -0.700. The first-order valence-corrected chi connectivity index (χ1v) is 3.01. The SMILES string of the molecule is CC1=CN(C)N(C)N1C. The standard InChI is InChI=1S/C6H13N3/c1-6-5-7(2)9(4)8(6)3/h5H,1-4H3. The van der Waals surface area contributed by atoms with Crippen molar-refractivity contribution >= 4 is 0 Å². The molecule has 52 valence electrons. The highest BCUT2D eigenvalue weighted by Crippen LogP contribution is 2.13. The van der Waals surface area contributed by atoms with Crippen LogP contribution < -0.4 is 0 Å². The molecule has 0 aromatic rings. The van der Waals surface area contributed by atoms with Gasteiger partial charge in [0.15, 0.2) is 0 Å². The van der Waals surface area contributed by atoms with Crippen molar-refractivity contribution in [3.8, 4) is 0 Å². The predicted molar refractivity (Wildman–Crippen MR) is 37.0 cm³/mol. The third kappa shape index (κ3) is 0.876. The molecule has 0 aliphatic carbocycles. The van der Waals surface area contributed by atoms with Crippen LogP contribution in [0.2, 0.25) is 0 Å². The van der Waals surface area contributed by atoms with E-state index in [1.807, 2.05) is 31.3 Å². The monoisotopic (exact) mass is 127 g/mol. The Kier molecular flexibility index (Phi) is 1.37. The smallest absolute Gasteiger partial charge is 0.0453 e. The van der Waals surface area contributed by atoms with Gasteiger partial charge in [0, 0.05) is 33.0 Å². The molecule has 0 unspecified atom stereocenters. The van der Waals surface area contributed by atoms with Crippen LogP contribution in [0.3, 0.4) is 0 Å². The fourth-order valence-electron chi connectivity index (χ4n) is 0.877. The molecule has 0 aromatic carbocycles. The molecule has 0 bridgehead atoms. The Morgan fingerprint density at radius 2 is 1.78 bits per heavy atom. The van der Waals surface area contributed by atoms with Crippen LogP contribution >= 0.6 is 0 Å². The second-order valence-electron chi connectivity index (χ2n) is 2.36. The Labute approximate surface area is 56.1 Å². The van der Waals surface area contributed by atoms with Gasteiger partial charge in [-0.2, -0.15) is 0 Å². The van der Waals surface area contributed by atoms with E-state index in [0.717, 1.165) is 0 Å². The molecule has 9 heavy (non-hydrogen) atoms. The predicted octanol–water partition coefficient (Wildman–Crippen LogP) is 0.487. The van der Waals surface area contributed by atoms with Crippen molar-refractivity contribution in [3.05, 3.63) is 11.9 Å². The number of hydrogen-bond acceptors (Lipinski definition) is 3. The molecule has 1 heterocycles. The fraction of sp³-hybridized carbons (Fsp3) is 0.667. The first-order chi connectivity index (χ1) is 4.13. The molecule has 1 rings (SSSR count). The van der Waals surface area contributed by atoms with E-state index in [1.165, 1.54) is 5.70 Å². The van der Waals surface area contributed by atoms with Crippen molar-refractivity contribution in [2.45, 2.75) is 6.92 Å². The lowest BCUT2D eigenvalue weighted by Gasteiger charge is -2.27. The molecule has 0 fully saturated rings. The average Bonchev–Trinajstić information content (AvgIpc) is 1.98. The van der Waals surface area contributed by atoms with Crippen LogP contribution in [0.25, 0.3) is 0 Å². The van der Waals surface area contributed by atoms with E-state index in [1.54, 1.807) is 0 Å². The number of rotatable bonds is 0. The number of allylic oxidation sites excluding steroid dienone is 1. The maximum absolute atomic E-state index is 2.08. The maximum atomic E-state index is 2.08. The molecule has 3 heteroatoms. The van der Waals surface area contributed by atoms with Gasteiger partial charge in [-0.15, -0.1) is 5.12 Å². The van der Waals surface area contributed by atoms with Gasteiger partial charge >= 0.3 is 0 Å². The zero-order chi connectivity index (χ0) is 7.02. The van der Waals surface area contributed by atoms with E-state index < -0.39 is 0 Å². The summed E-state index contributed by atoms with van der Waals surface area (Å²) in [5.41, 5.74) is 1.26. The fourth-order valence-corrected chi connectivity index (χ4v) is 0.877. The van der Waals surface area contributed by atoms with Crippen LogP contribution in [0, 0.1) is 0 Å². The second-order valence-corrected chi connectivity index (χ2v) is 2.36. The van der Waals surface area contributed by atoms with Crippen LogP contribution in [-0.2, 0) is 0 Å². The lowest BCUT2D eigenvalue weighted by molar-refractivity contribution is -0.0581. The van der Waals surface area contributed by atoms with Gasteiger partial charge in [0.05, 0.1) is 0 Å². The van der Waals surface area contributed by atoms with Gasteiger partial charge in [-0.25, -0.2) is 0 Å². The zero-order valence-electron chi connectivity index (χ0n) is 6.42. The first kappa shape index (κ1) is 6.42. The Balaban J connectivity index is 2.70. The van der Waals surface area contributed by atoms with Crippen LogP contribution in [0.15, 0.2) is 11.9 Å². The Morgan fingerprint density at radius 1 is 1.22 bits per heavy atom. The van der Waals surface area contributed by atoms with Crippen LogP contribution in [0.4, 0.5) is 0 Å². The Morgan fingerprint density at radius 3 is 1.89 bits per heavy atom. The summed E-state index contributed by atoms with van der Waals surface area (Å²) in [5.74, 6) is 0. The highest BCUT2D eigenvalue weighted by atomic mass is 15.9. The lowest BCUT2D eigenvalue weighted by atomic mass is 10.5. The molecule has 0 atom stereocenters. The largest absolute Gasteiger partial charge is 0.297 e. The van der Waals surface area contributed by atoms with Crippen molar-refractivity contribution in [1.82, 2.24) is 15.1 Å². The van der Waals surface area contributed by atoms with Crippen molar-refractivity contribution in [2.24, 2.45) is 0 Å². The van der Waals surface area contributed by atoms with E-state index in [9.17, 15) is 0 Å². The minimum atomic E-state index is 1.26. The molecule has 1 aliphatic heterocycles. The maximum Gasteiger partial charge on any atom is 0.0453 e. The minimum Gasteiger partial charge on any atom is -0.297 e. The van der Waals surface area contributed by atoms with Gasteiger partial charge in [-0.1, -0.05) is 0 Å². The zero-order valence-corrected chi connectivity index (χ0v) is 6.42. The molecule has 0 saturated carbocycles. The van der Waals surface area contributed by atoms with Crippen molar-refractivity contribution < 1.29 is 0 Å². The topological polar surface area (TPSA) is 9.72 Å². The average molecular weight is 127 g/mol. The van der Waals surface area contributed by atoms with E-state index in [-0.39, 0.29) is 0 Å². The van der Waals surface area contributed by atoms with Gasteiger partial charge < -0.3 is 0 Å². The lowest BCUT2D eigenvalue weighted by Crippen LogP contribution is -2.37. The minimum absolute atomic E-state index is 1.26. The quantitative estimate of drug-likeness (QED) is 0.469. The molecular formula is C6H13N3. The van der Waals surface area contributed by atoms with Gasteiger partial charge in [0.25, 0.3) is 0 Å². The molecule has 0 saturated heterocycles. The third-order valence-electron chi connectivity index (χ3n) is 1.77. The molecule has 0 amide bonds. The molecule has 3 nitrogen and oxygen atoms in total. The summed E-state index contributed by atoms with van der Waals surface area (Å²) in [7, 11) is 6.08. The number of nitrogens with zero attached hydrogens (tertiary/aromatic N) is 3. The summed E-state index contributed by atoms with van der Waals surface area (Å²) in [5, 5.41) is 6.16. The van der Waals surface area contributed by atoms with E-state index in [2.05, 4.69) is 18.1 Å². The molecule has 1 aliphatic rings. The summed E-state index contributed by atoms with van der Waals surface area (Å²) in [6.45, 7) is 2.08. The molecular weight excluding hydrogens is 114 g/mol. The summed E-state index contributed by atoms with van der Waals surface area (Å²) in [6.07, 6.45) is 2.08. The Bertz CT molecular complexity index is 141.